The number of nitrogens with two attached hydrogens (primary N) is 2. The number of aliphatic carboxylic acids is 1. The second kappa shape index (κ2) is 7.84. The summed E-state index contributed by atoms with van der Waals surface area (Å²) in [5, 5.41) is 11.1. The molecule has 0 radical (unpaired) electrons. The van der Waals surface area contributed by atoms with Crippen molar-refractivity contribution in [1.29, 1.82) is 0 Å². The lowest BCUT2D eigenvalue weighted by Gasteiger charge is -2.26. The number of carbonyl (C=O) groups excluding carboxylic acids is 2. The van der Waals surface area contributed by atoms with Crippen molar-refractivity contribution in [2.75, 3.05) is 0 Å². The van der Waals surface area contributed by atoms with E-state index in [4.69, 9.17) is 16.6 Å². The van der Waals surface area contributed by atoms with Crippen molar-refractivity contribution in [3.05, 3.63) is 0 Å². The highest BCUT2D eigenvalue weighted by molar-refractivity contribution is 5.90. The van der Waals surface area contributed by atoms with E-state index in [1.807, 2.05) is 0 Å². The van der Waals surface area contributed by atoms with Gasteiger partial charge in [-0.1, -0.05) is 32.1 Å². The fourth-order valence-electron chi connectivity index (χ4n) is 2.56. The Kier molecular flexibility index (Phi) is 6.44. The Balaban J connectivity index is 2.51. The maximum absolute atomic E-state index is 11.7. The maximum Gasteiger partial charge on any atom is 0.305 e. The molecular weight excluding hydrogens is 262 g/mol. The van der Waals surface area contributed by atoms with E-state index in [0.29, 0.717) is 12.3 Å². The smallest absolute Gasteiger partial charge is 0.305 e. The average Bonchev–Trinajstić information content (AvgIpc) is 2.38. The molecule has 0 bridgehead atoms. The van der Waals surface area contributed by atoms with Gasteiger partial charge in [0.25, 0.3) is 0 Å². The van der Waals surface area contributed by atoms with Crippen LogP contribution in [0.4, 0.5) is 0 Å². The first-order valence-electron chi connectivity index (χ1n) is 6.97. The van der Waals surface area contributed by atoms with Gasteiger partial charge >= 0.3 is 5.97 Å². The van der Waals surface area contributed by atoms with Gasteiger partial charge in [0.1, 0.15) is 6.04 Å². The van der Waals surface area contributed by atoms with Gasteiger partial charge in [0.2, 0.25) is 11.8 Å². The van der Waals surface area contributed by atoms with Gasteiger partial charge in [-0.2, -0.15) is 0 Å². The van der Waals surface area contributed by atoms with Crippen molar-refractivity contribution in [3.8, 4) is 0 Å². The largest absolute Gasteiger partial charge is 0.481 e. The molecule has 0 aliphatic heterocycles. The normalized spacial score (nSPS) is 19.1. The number of primary amides is 1. The fraction of sp³-hybridized carbons (Fsp3) is 0.769. The van der Waals surface area contributed by atoms with Gasteiger partial charge < -0.3 is 21.9 Å². The summed E-state index contributed by atoms with van der Waals surface area (Å²) in [6.07, 6.45) is 5.54. The molecule has 1 rings (SSSR count). The summed E-state index contributed by atoms with van der Waals surface area (Å²) in [5.41, 5.74) is 10.7. The fourth-order valence-corrected chi connectivity index (χ4v) is 2.56. The molecule has 1 saturated carbocycles. The Morgan fingerprint density at radius 3 is 2.30 bits per heavy atom. The van der Waals surface area contributed by atoms with Crippen LogP contribution in [0.2, 0.25) is 0 Å². The molecule has 0 aromatic heterocycles. The molecule has 1 unspecified atom stereocenters. The lowest BCUT2D eigenvalue weighted by Crippen LogP contribution is -2.51. The molecule has 1 aliphatic rings. The molecule has 20 heavy (non-hydrogen) atoms. The Hall–Kier alpha value is -1.63. The van der Waals surface area contributed by atoms with Gasteiger partial charge in [-0.3, -0.25) is 14.4 Å². The van der Waals surface area contributed by atoms with Gasteiger partial charge in [-0.15, -0.1) is 0 Å². The van der Waals surface area contributed by atoms with Crippen molar-refractivity contribution in [2.45, 2.75) is 57.0 Å². The van der Waals surface area contributed by atoms with Crippen molar-refractivity contribution < 1.29 is 19.5 Å². The number of nitrogens with one attached hydrogen (secondary N) is 1. The molecule has 2 atom stereocenters. The van der Waals surface area contributed by atoms with Crippen LogP contribution >= 0.6 is 0 Å². The monoisotopic (exact) mass is 285 g/mol. The van der Waals surface area contributed by atoms with Crippen LogP contribution in [0.25, 0.3) is 0 Å². The molecule has 1 fully saturated rings. The number of carbonyl (C=O) groups is 3. The van der Waals surface area contributed by atoms with E-state index < -0.39 is 36.3 Å². The first kappa shape index (κ1) is 16.4. The second-order valence-electron chi connectivity index (χ2n) is 5.41. The van der Waals surface area contributed by atoms with Crippen LogP contribution in [0.3, 0.4) is 0 Å². The van der Waals surface area contributed by atoms with Crippen LogP contribution < -0.4 is 16.8 Å². The number of hydrogen-bond acceptors (Lipinski definition) is 4. The SMILES string of the molecule is NC(=O)[C@H](CC1CCCCC1)NC(=O)C(N)CC(=O)O. The van der Waals surface area contributed by atoms with Gasteiger partial charge in [0, 0.05) is 0 Å². The topological polar surface area (TPSA) is 136 Å². The van der Waals surface area contributed by atoms with Crippen molar-refractivity contribution in [2.24, 2.45) is 17.4 Å². The molecule has 0 aromatic rings. The predicted octanol–water partition coefficient (Wildman–Crippen LogP) is -0.271. The molecule has 7 nitrogen and oxygen atoms in total. The lowest BCUT2D eigenvalue weighted by molar-refractivity contribution is -0.139. The molecule has 0 heterocycles. The summed E-state index contributed by atoms with van der Waals surface area (Å²) in [6.45, 7) is 0. The highest BCUT2D eigenvalue weighted by atomic mass is 16.4. The molecule has 1 aliphatic carbocycles. The predicted molar refractivity (Wildman–Crippen MR) is 72.5 cm³/mol. The summed E-state index contributed by atoms with van der Waals surface area (Å²) >= 11 is 0. The van der Waals surface area contributed by atoms with E-state index >= 15 is 0 Å². The standard InChI is InChI=1S/C13H23N3O4/c14-9(7-11(17)18)13(20)16-10(12(15)19)6-8-4-2-1-3-5-8/h8-10H,1-7,14H2,(H2,15,19)(H,16,20)(H,17,18)/t9?,10-/m0/s1. The first-order valence-corrected chi connectivity index (χ1v) is 6.97. The first-order chi connectivity index (χ1) is 9.40. The van der Waals surface area contributed by atoms with E-state index in [1.165, 1.54) is 6.42 Å². The molecule has 0 saturated heterocycles. The molecule has 6 N–H and O–H groups in total. The number of amides is 2. The number of carboxylic acids is 1. The molecule has 0 spiro atoms. The van der Waals surface area contributed by atoms with Gasteiger partial charge in [0.15, 0.2) is 0 Å². The van der Waals surface area contributed by atoms with Crippen LogP contribution in [0.5, 0.6) is 0 Å². The summed E-state index contributed by atoms with van der Waals surface area (Å²) in [6, 6.07) is -1.94. The van der Waals surface area contributed by atoms with Crippen molar-refractivity contribution >= 4 is 17.8 Å². The molecule has 0 aromatic carbocycles. The maximum atomic E-state index is 11.7. The van der Waals surface area contributed by atoms with Crippen LogP contribution in [0.15, 0.2) is 0 Å². The Morgan fingerprint density at radius 2 is 1.80 bits per heavy atom. The number of rotatable bonds is 7. The zero-order valence-corrected chi connectivity index (χ0v) is 11.5. The molecule has 114 valence electrons. The average molecular weight is 285 g/mol. The Bertz CT molecular complexity index is 367. The highest BCUT2D eigenvalue weighted by Gasteiger charge is 2.26. The number of hydrogen-bond donors (Lipinski definition) is 4. The Morgan fingerprint density at radius 1 is 1.20 bits per heavy atom. The van der Waals surface area contributed by atoms with Crippen molar-refractivity contribution in [3.63, 3.8) is 0 Å². The quantitative estimate of drug-likeness (QED) is 0.510. The zero-order valence-electron chi connectivity index (χ0n) is 11.5. The second-order valence-corrected chi connectivity index (χ2v) is 5.41. The molecule has 2 amide bonds. The summed E-state index contributed by atoms with van der Waals surface area (Å²) in [5.74, 6) is -2.04. The number of carboxylic acid groups (broad SMARTS) is 1. The van der Waals surface area contributed by atoms with Crippen molar-refractivity contribution in [1.82, 2.24) is 5.32 Å². The minimum atomic E-state index is -1.17. The van der Waals surface area contributed by atoms with E-state index in [2.05, 4.69) is 5.32 Å². The minimum absolute atomic E-state index is 0.372. The minimum Gasteiger partial charge on any atom is -0.481 e. The van der Waals surface area contributed by atoms with Crippen LogP contribution in [-0.4, -0.2) is 35.0 Å². The van der Waals surface area contributed by atoms with Gasteiger partial charge in [-0.05, 0) is 12.3 Å². The lowest BCUT2D eigenvalue weighted by atomic mass is 9.84. The van der Waals surface area contributed by atoms with E-state index in [9.17, 15) is 14.4 Å². The Labute approximate surface area is 118 Å². The van der Waals surface area contributed by atoms with E-state index in [-0.39, 0.29) is 0 Å². The molecule has 7 heteroatoms. The van der Waals surface area contributed by atoms with Crippen LogP contribution in [-0.2, 0) is 14.4 Å². The van der Waals surface area contributed by atoms with Crippen LogP contribution in [0.1, 0.15) is 44.9 Å². The summed E-state index contributed by atoms with van der Waals surface area (Å²) in [7, 11) is 0. The third kappa shape index (κ3) is 5.56. The summed E-state index contributed by atoms with van der Waals surface area (Å²) < 4.78 is 0. The van der Waals surface area contributed by atoms with E-state index in [1.54, 1.807) is 0 Å². The van der Waals surface area contributed by atoms with Crippen LogP contribution in [0, 0.1) is 5.92 Å². The van der Waals surface area contributed by atoms with Gasteiger partial charge in [-0.25, -0.2) is 0 Å². The van der Waals surface area contributed by atoms with E-state index in [0.717, 1.165) is 25.7 Å². The summed E-state index contributed by atoms with van der Waals surface area (Å²) in [4.78, 5) is 33.6. The third-order valence-electron chi connectivity index (χ3n) is 3.69. The highest BCUT2D eigenvalue weighted by Crippen LogP contribution is 2.27. The van der Waals surface area contributed by atoms with Gasteiger partial charge in [0.05, 0.1) is 12.5 Å². The zero-order chi connectivity index (χ0) is 15.1. The third-order valence-corrected chi connectivity index (χ3v) is 3.69. The molecular formula is C13H23N3O4.